The van der Waals surface area contributed by atoms with E-state index in [0.717, 1.165) is 6.26 Å². The topological polar surface area (TPSA) is 89.5 Å². The average Bonchev–Trinajstić information content (AvgIpc) is 2.68. The number of allylic oxidation sites excluding steroid dienone is 2. The van der Waals surface area contributed by atoms with Gasteiger partial charge >= 0.3 is 5.97 Å². The summed E-state index contributed by atoms with van der Waals surface area (Å²) in [4.78, 5) is 25.5. The van der Waals surface area contributed by atoms with Gasteiger partial charge in [0, 0.05) is 11.5 Å². The number of benzene rings is 2. The highest BCUT2D eigenvalue weighted by Crippen LogP contribution is 2.42. The van der Waals surface area contributed by atoms with E-state index in [0.29, 0.717) is 22.4 Å². The molecule has 3 rings (SSSR count). The standard InChI is InChI=1S/C22H21ClFNO5S/c1-3-30-22(27)21-16(13-8-9-17(23)18(24)11-13)10-14(12-20(21)26)15-6-4-5-7-19(15)25-31(2,28)29/h4-9,11-12,16,21,25H,3,10H2,1-2H3/t16-,21-/m0/s1. The Morgan fingerprint density at radius 2 is 1.97 bits per heavy atom. The van der Waals surface area contributed by atoms with Crippen LogP contribution in [0.15, 0.2) is 48.5 Å². The number of carbonyl (C=O) groups is 2. The van der Waals surface area contributed by atoms with Gasteiger partial charge in [-0.25, -0.2) is 12.8 Å². The van der Waals surface area contributed by atoms with E-state index in [2.05, 4.69) is 4.72 Å². The van der Waals surface area contributed by atoms with Gasteiger partial charge in [0.05, 0.1) is 23.6 Å². The number of esters is 1. The number of ketones is 1. The Labute approximate surface area is 185 Å². The lowest BCUT2D eigenvalue weighted by Crippen LogP contribution is -2.34. The van der Waals surface area contributed by atoms with Crippen molar-refractivity contribution in [2.75, 3.05) is 17.6 Å². The molecule has 0 radical (unpaired) electrons. The molecule has 2 aromatic carbocycles. The highest BCUT2D eigenvalue weighted by atomic mass is 35.5. The minimum Gasteiger partial charge on any atom is -0.465 e. The fourth-order valence-corrected chi connectivity index (χ4v) is 4.37. The third kappa shape index (κ3) is 5.32. The highest BCUT2D eigenvalue weighted by molar-refractivity contribution is 7.92. The molecule has 0 aromatic heterocycles. The molecule has 1 aliphatic carbocycles. The lowest BCUT2D eigenvalue weighted by Gasteiger charge is -2.30. The van der Waals surface area contributed by atoms with Gasteiger partial charge in [-0.1, -0.05) is 35.9 Å². The summed E-state index contributed by atoms with van der Waals surface area (Å²) in [6.07, 6.45) is 2.55. The number of para-hydroxylation sites is 1. The SMILES string of the molecule is CCOC(=O)[C@@H]1C(=O)C=C(c2ccccc2NS(C)(=O)=O)C[C@H]1c1ccc(Cl)c(F)c1. The first kappa shape index (κ1) is 23.0. The number of anilines is 1. The molecule has 6 nitrogen and oxygen atoms in total. The third-order valence-corrected chi connectivity index (χ3v) is 5.84. The van der Waals surface area contributed by atoms with Gasteiger partial charge in [0.25, 0.3) is 0 Å². The first-order chi connectivity index (χ1) is 14.6. The summed E-state index contributed by atoms with van der Waals surface area (Å²) in [5, 5.41) is -0.0722. The lowest BCUT2D eigenvalue weighted by atomic mass is 9.73. The summed E-state index contributed by atoms with van der Waals surface area (Å²) < 4.78 is 45.2. The van der Waals surface area contributed by atoms with Crippen LogP contribution in [0.4, 0.5) is 10.1 Å². The Hall–Kier alpha value is -2.71. The molecule has 0 amide bonds. The minimum absolute atomic E-state index is 0.0722. The van der Waals surface area contributed by atoms with Crippen LogP contribution in [0.3, 0.4) is 0 Å². The van der Waals surface area contributed by atoms with E-state index in [9.17, 15) is 22.4 Å². The molecule has 0 fully saturated rings. The molecule has 1 N–H and O–H groups in total. The van der Waals surface area contributed by atoms with Gasteiger partial charge in [0.15, 0.2) is 5.78 Å². The van der Waals surface area contributed by atoms with E-state index in [1.807, 2.05) is 0 Å². The van der Waals surface area contributed by atoms with Crippen molar-refractivity contribution < 1.29 is 27.1 Å². The molecule has 2 atom stereocenters. The zero-order valence-electron chi connectivity index (χ0n) is 16.9. The number of nitrogens with one attached hydrogen (secondary N) is 1. The maximum Gasteiger partial charge on any atom is 0.317 e. The first-order valence-electron chi connectivity index (χ1n) is 9.54. The van der Waals surface area contributed by atoms with E-state index in [4.69, 9.17) is 16.3 Å². The Kier molecular flexibility index (Phi) is 6.81. The molecule has 0 bridgehead atoms. The molecular weight excluding hydrogens is 445 g/mol. The summed E-state index contributed by atoms with van der Waals surface area (Å²) >= 11 is 5.79. The van der Waals surface area contributed by atoms with Crippen molar-refractivity contribution in [1.29, 1.82) is 0 Å². The maximum absolute atomic E-state index is 14.2. The van der Waals surface area contributed by atoms with Crippen molar-refractivity contribution in [2.24, 2.45) is 5.92 Å². The van der Waals surface area contributed by atoms with Gasteiger partial charge in [0.1, 0.15) is 11.7 Å². The molecule has 0 heterocycles. The number of ether oxygens (including phenoxy) is 1. The van der Waals surface area contributed by atoms with Crippen LogP contribution in [0, 0.1) is 11.7 Å². The molecule has 31 heavy (non-hydrogen) atoms. The zero-order chi connectivity index (χ0) is 22.8. The summed E-state index contributed by atoms with van der Waals surface area (Å²) in [6.45, 7) is 1.73. The Morgan fingerprint density at radius 1 is 1.26 bits per heavy atom. The van der Waals surface area contributed by atoms with E-state index in [1.54, 1.807) is 37.3 Å². The van der Waals surface area contributed by atoms with Crippen LogP contribution in [-0.2, 0) is 24.3 Å². The van der Waals surface area contributed by atoms with Gasteiger partial charge in [-0.2, -0.15) is 0 Å². The van der Waals surface area contributed by atoms with Crippen LogP contribution in [0.2, 0.25) is 5.02 Å². The second-order valence-electron chi connectivity index (χ2n) is 7.21. The van der Waals surface area contributed by atoms with Crippen molar-refractivity contribution in [2.45, 2.75) is 19.3 Å². The Balaban J connectivity index is 2.09. The van der Waals surface area contributed by atoms with Gasteiger partial charge in [0.2, 0.25) is 10.0 Å². The monoisotopic (exact) mass is 465 g/mol. The van der Waals surface area contributed by atoms with Crippen molar-refractivity contribution in [1.82, 2.24) is 0 Å². The van der Waals surface area contributed by atoms with E-state index in [-0.39, 0.29) is 18.1 Å². The van der Waals surface area contributed by atoms with Gasteiger partial charge < -0.3 is 4.74 Å². The normalized spacial score (nSPS) is 19.0. The number of rotatable bonds is 6. The number of sulfonamides is 1. The van der Waals surface area contributed by atoms with Crippen LogP contribution < -0.4 is 4.72 Å². The molecule has 0 saturated heterocycles. The van der Waals surface area contributed by atoms with Crippen LogP contribution in [0.25, 0.3) is 5.57 Å². The first-order valence-corrected chi connectivity index (χ1v) is 11.8. The van der Waals surface area contributed by atoms with Crippen LogP contribution >= 0.6 is 11.6 Å². The van der Waals surface area contributed by atoms with Gasteiger partial charge in [-0.05, 0) is 48.8 Å². The maximum atomic E-state index is 14.2. The summed E-state index contributed by atoms with van der Waals surface area (Å²) in [5.74, 6) is -3.69. The van der Waals surface area contributed by atoms with Crippen molar-refractivity contribution in [3.63, 3.8) is 0 Å². The van der Waals surface area contributed by atoms with Crippen LogP contribution in [0.1, 0.15) is 30.4 Å². The molecule has 0 aliphatic heterocycles. The molecular formula is C22H21ClFNO5S. The van der Waals surface area contributed by atoms with E-state index < -0.39 is 39.4 Å². The number of halogens is 2. The van der Waals surface area contributed by atoms with Gasteiger partial charge in [-0.3, -0.25) is 14.3 Å². The van der Waals surface area contributed by atoms with Crippen molar-refractivity contribution in [3.05, 3.63) is 70.5 Å². The molecule has 2 aromatic rings. The number of carbonyl (C=O) groups excluding carboxylic acids is 2. The predicted octanol–water partition coefficient (Wildman–Crippen LogP) is 4.17. The quantitative estimate of drug-likeness (QED) is 0.511. The summed E-state index contributed by atoms with van der Waals surface area (Å²) in [7, 11) is -3.56. The second kappa shape index (κ2) is 9.20. The fraction of sp³-hybridized carbons (Fsp3) is 0.273. The lowest BCUT2D eigenvalue weighted by molar-refractivity contribution is -0.151. The molecule has 1 aliphatic rings. The molecule has 0 spiro atoms. The van der Waals surface area contributed by atoms with Crippen LogP contribution in [-0.4, -0.2) is 33.0 Å². The van der Waals surface area contributed by atoms with E-state index >= 15 is 0 Å². The molecule has 164 valence electrons. The summed E-state index contributed by atoms with van der Waals surface area (Å²) in [5.41, 5.74) is 1.76. The highest BCUT2D eigenvalue weighted by Gasteiger charge is 2.40. The third-order valence-electron chi connectivity index (χ3n) is 4.95. The zero-order valence-corrected chi connectivity index (χ0v) is 18.5. The summed E-state index contributed by atoms with van der Waals surface area (Å²) in [6, 6.07) is 10.8. The second-order valence-corrected chi connectivity index (χ2v) is 9.36. The Bertz CT molecular complexity index is 1160. The van der Waals surface area contributed by atoms with Crippen LogP contribution in [0.5, 0.6) is 0 Å². The average molecular weight is 466 g/mol. The minimum atomic E-state index is -3.56. The van der Waals surface area contributed by atoms with Gasteiger partial charge in [-0.15, -0.1) is 0 Å². The largest absolute Gasteiger partial charge is 0.465 e. The Morgan fingerprint density at radius 3 is 2.61 bits per heavy atom. The fourth-order valence-electron chi connectivity index (χ4n) is 3.68. The van der Waals surface area contributed by atoms with E-state index in [1.165, 1.54) is 18.2 Å². The molecule has 0 saturated carbocycles. The van der Waals surface area contributed by atoms with Crippen molar-refractivity contribution in [3.8, 4) is 0 Å². The number of hydrogen-bond acceptors (Lipinski definition) is 5. The molecule has 0 unspecified atom stereocenters. The van der Waals surface area contributed by atoms with Crippen molar-refractivity contribution >= 4 is 44.6 Å². The molecule has 9 heteroatoms. The predicted molar refractivity (Wildman–Crippen MR) is 117 cm³/mol. The number of hydrogen-bond donors (Lipinski definition) is 1. The smallest absolute Gasteiger partial charge is 0.317 e.